The van der Waals surface area contributed by atoms with Crippen molar-refractivity contribution in [3.63, 3.8) is 0 Å². The van der Waals surface area contributed by atoms with Crippen molar-refractivity contribution in [3.05, 3.63) is 22.7 Å². The van der Waals surface area contributed by atoms with E-state index in [1.165, 1.54) is 0 Å². The van der Waals surface area contributed by atoms with Gasteiger partial charge in [-0.25, -0.2) is 0 Å². The molecular weight excluding hydrogens is 307 g/mol. The van der Waals surface area contributed by atoms with Gasteiger partial charge in [-0.1, -0.05) is 27.7 Å². The van der Waals surface area contributed by atoms with Crippen molar-refractivity contribution in [3.8, 4) is 0 Å². The number of anilines is 1. The van der Waals surface area contributed by atoms with Crippen LogP contribution >= 0.6 is 27.7 Å². The smallest absolute Gasteiger partial charge is 0.398 e. The molecule has 0 amide bonds. The molecule has 0 aliphatic rings. The zero-order chi connectivity index (χ0) is 12.2. The Kier molecular flexibility index (Phi) is 4.94. The van der Waals surface area contributed by atoms with E-state index in [0.29, 0.717) is 10.6 Å². The van der Waals surface area contributed by atoms with Crippen LogP contribution in [-0.4, -0.2) is 18.7 Å². The lowest BCUT2D eigenvalue weighted by molar-refractivity contribution is -0.168. The number of hydrogen-bond acceptors (Lipinski definition) is 3. The Morgan fingerprint density at radius 2 is 2.06 bits per heavy atom. The fraction of sp³-hybridized carbons (Fsp3) is 0.333. The van der Waals surface area contributed by atoms with Crippen molar-refractivity contribution >= 4 is 33.4 Å². The normalized spacial score (nSPS) is 11.8. The molecule has 0 unspecified atom stereocenters. The lowest BCUT2D eigenvalue weighted by atomic mass is 10.3. The fourth-order valence-corrected chi connectivity index (χ4v) is 1.98. The predicted octanol–water partition coefficient (Wildman–Crippen LogP) is 3.66. The van der Waals surface area contributed by atoms with Gasteiger partial charge in [-0.3, -0.25) is 0 Å². The molecule has 0 spiro atoms. The molecule has 2 nitrogen and oxygen atoms in total. The summed E-state index contributed by atoms with van der Waals surface area (Å²) in [6.07, 6.45) is -4.29. The summed E-state index contributed by atoms with van der Waals surface area (Å²) in [5.41, 5.74) is 6.17. The van der Waals surface area contributed by atoms with Crippen LogP contribution in [0.4, 0.5) is 18.9 Å². The van der Waals surface area contributed by atoms with Gasteiger partial charge >= 0.3 is 6.18 Å². The monoisotopic (exact) mass is 315 g/mol. The summed E-state index contributed by atoms with van der Waals surface area (Å²) in [4.78, 5) is 0.699. The highest BCUT2D eigenvalue weighted by Gasteiger charge is 2.27. The lowest BCUT2D eigenvalue weighted by Gasteiger charge is -2.08. The first kappa shape index (κ1) is 13.7. The van der Waals surface area contributed by atoms with Gasteiger partial charge in [-0.2, -0.15) is 13.2 Å². The third-order valence-corrected chi connectivity index (χ3v) is 3.00. The summed E-state index contributed by atoms with van der Waals surface area (Å²) in [5.74, 6) is -0.0780. The second-order valence-electron chi connectivity index (χ2n) is 2.91. The van der Waals surface area contributed by atoms with E-state index in [1.807, 2.05) is 0 Å². The van der Waals surface area contributed by atoms with Gasteiger partial charge in [0.25, 0.3) is 0 Å². The van der Waals surface area contributed by atoms with E-state index in [9.17, 15) is 13.2 Å². The van der Waals surface area contributed by atoms with Crippen LogP contribution in [0.5, 0.6) is 0 Å². The molecular formula is C9H9BrF3NOS. The Balaban J connectivity index is 2.38. The number of thioether (sulfide) groups is 1. The largest absolute Gasteiger partial charge is 0.411 e. The van der Waals surface area contributed by atoms with Crippen molar-refractivity contribution in [1.29, 1.82) is 0 Å². The quantitative estimate of drug-likeness (QED) is 0.398. The first-order valence-electron chi connectivity index (χ1n) is 4.21. The zero-order valence-corrected chi connectivity index (χ0v) is 10.5. The Morgan fingerprint density at radius 3 is 2.62 bits per heavy atom. The average Bonchev–Trinajstić information content (AvgIpc) is 2.13. The summed E-state index contributed by atoms with van der Waals surface area (Å²) in [5, 5.41) is 0. The second-order valence-corrected chi connectivity index (χ2v) is 4.79. The SMILES string of the molecule is Nc1cc(Br)ccc1SCOCC(F)(F)F. The number of halogens is 4. The number of hydrogen-bond donors (Lipinski definition) is 1. The van der Waals surface area contributed by atoms with Gasteiger partial charge in [-0.05, 0) is 18.2 Å². The van der Waals surface area contributed by atoms with Crippen LogP contribution in [-0.2, 0) is 4.74 Å². The van der Waals surface area contributed by atoms with Crippen molar-refractivity contribution in [2.24, 2.45) is 0 Å². The number of benzene rings is 1. The van der Waals surface area contributed by atoms with Crippen LogP contribution in [0.3, 0.4) is 0 Å². The van der Waals surface area contributed by atoms with E-state index in [1.54, 1.807) is 18.2 Å². The van der Waals surface area contributed by atoms with Gasteiger partial charge in [0.15, 0.2) is 0 Å². The highest BCUT2D eigenvalue weighted by atomic mass is 79.9. The molecule has 0 fully saturated rings. The van der Waals surface area contributed by atoms with E-state index in [4.69, 9.17) is 5.73 Å². The highest BCUT2D eigenvalue weighted by Crippen LogP contribution is 2.28. The fourth-order valence-electron chi connectivity index (χ4n) is 0.913. The molecule has 90 valence electrons. The molecule has 16 heavy (non-hydrogen) atoms. The third kappa shape index (κ3) is 5.09. The van der Waals surface area contributed by atoms with Gasteiger partial charge in [0.1, 0.15) is 6.61 Å². The van der Waals surface area contributed by atoms with Crippen LogP contribution in [0.15, 0.2) is 27.6 Å². The maximum Gasteiger partial charge on any atom is 0.411 e. The molecule has 0 aliphatic carbocycles. The van der Waals surface area contributed by atoms with Gasteiger partial charge in [0.2, 0.25) is 0 Å². The highest BCUT2D eigenvalue weighted by molar-refractivity contribution is 9.10. The summed E-state index contributed by atoms with van der Waals surface area (Å²) in [7, 11) is 0. The minimum absolute atomic E-state index is 0.0780. The molecule has 0 saturated heterocycles. The summed E-state index contributed by atoms with van der Waals surface area (Å²) in [6.45, 7) is -1.24. The number of ether oxygens (including phenoxy) is 1. The first-order chi connectivity index (χ1) is 7.38. The van der Waals surface area contributed by atoms with Gasteiger partial charge in [0, 0.05) is 15.1 Å². The molecule has 2 N–H and O–H groups in total. The zero-order valence-electron chi connectivity index (χ0n) is 8.05. The Labute approximate surface area is 103 Å². The first-order valence-corrected chi connectivity index (χ1v) is 5.98. The molecule has 0 atom stereocenters. The molecule has 1 aromatic carbocycles. The van der Waals surface area contributed by atoms with E-state index in [2.05, 4.69) is 20.7 Å². The molecule has 0 aromatic heterocycles. The van der Waals surface area contributed by atoms with Crippen molar-refractivity contribution in [2.75, 3.05) is 18.3 Å². The van der Waals surface area contributed by atoms with Crippen LogP contribution < -0.4 is 5.73 Å². The lowest BCUT2D eigenvalue weighted by Crippen LogP contribution is -2.16. The van der Waals surface area contributed by atoms with E-state index in [0.717, 1.165) is 16.2 Å². The van der Waals surface area contributed by atoms with Crippen LogP contribution in [0.25, 0.3) is 0 Å². The average molecular weight is 316 g/mol. The van der Waals surface area contributed by atoms with Gasteiger partial charge < -0.3 is 10.5 Å². The van der Waals surface area contributed by atoms with Crippen molar-refractivity contribution in [2.45, 2.75) is 11.1 Å². The molecule has 1 rings (SSSR count). The third-order valence-electron chi connectivity index (χ3n) is 1.54. The van der Waals surface area contributed by atoms with E-state index in [-0.39, 0.29) is 5.94 Å². The minimum atomic E-state index is -4.29. The standard InChI is InChI=1S/C9H9BrF3NOS/c10-6-1-2-8(7(14)3-6)16-5-15-4-9(11,12)13/h1-3H,4-5,14H2. The number of rotatable bonds is 4. The Morgan fingerprint density at radius 1 is 1.38 bits per heavy atom. The van der Waals surface area contributed by atoms with Gasteiger partial charge in [-0.15, -0.1) is 0 Å². The number of nitrogen functional groups attached to an aromatic ring is 1. The Hall–Kier alpha value is -0.400. The second kappa shape index (κ2) is 5.79. The summed E-state index contributed by atoms with van der Waals surface area (Å²) < 4.78 is 40.5. The van der Waals surface area contributed by atoms with Crippen LogP contribution in [0.2, 0.25) is 0 Å². The van der Waals surface area contributed by atoms with Gasteiger partial charge in [0.05, 0.1) is 5.94 Å². The molecule has 7 heteroatoms. The predicted molar refractivity (Wildman–Crippen MR) is 61.3 cm³/mol. The summed E-state index contributed by atoms with van der Waals surface area (Å²) in [6, 6.07) is 5.18. The molecule has 0 aliphatic heterocycles. The molecule has 0 bridgehead atoms. The summed E-state index contributed by atoms with van der Waals surface area (Å²) >= 11 is 4.36. The maximum absolute atomic E-state index is 11.7. The van der Waals surface area contributed by atoms with Crippen molar-refractivity contribution in [1.82, 2.24) is 0 Å². The topological polar surface area (TPSA) is 35.2 Å². The molecule has 0 radical (unpaired) electrons. The molecule has 0 heterocycles. The van der Waals surface area contributed by atoms with Crippen molar-refractivity contribution < 1.29 is 17.9 Å². The van der Waals surface area contributed by atoms with Crippen LogP contribution in [0, 0.1) is 0 Å². The number of nitrogens with two attached hydrogens (primary N) is 1. The molecule has 0 saturated carbocycles. The minimum Gasteiger partial charge on any atom is -0.398 e. The van der Waals surface area contributed by atoms with E-state index < -0.39 is 12.8 Å². The van der Waals surface area contributed by atoms with E-state index >= 15 is 0 Å². The maximum atomic E-state index is 11.7. The number of alkyl halides is 3. The molecule has 1 aromatic rings. The Bertz CT molecular complexity index is 359. The van der Waals surface area contributed by atoms with Crippen LogP contribution in [0.1, 0.15) is 0 Å².